The van der Waals surface area contributed by atoms with Gasteiger partial charge < -0.3 is 9.73 Å². The van der Waals surface area contributed by atoms with Crippen molar-refractivity contribution in [1.82, 2.24) is 0 Å². The highest BCUT2D eigenvalue weighted by Gasteiger charge is 2.20. The summed E-state index contributed by atoms with van der Waals surface area (Å²) in [7, 11) is 0. The molecular weight excluding hydrogens is 313 g/mol. The minimum absolute atomic E-state index is 0.279. The number of hydrogen-bond acceptors (Lipinski definition) is 3. The van der Waals surface area contributed by atoms with E-state index in [1.807, 2.05) is 30.5 Å². The Morgan fingerprint density at radius 3 is 2.78 bits per heavy atom. The van der Waals surface area contributed by atoms with Crippen molar-refractivity contribution in [3.05, 3.63) is 65.2 Å². The Morgan fingerprint density at radius 1 is 1.26 bits per heavy atom. The number of aryl methyl sites for hydroxylation is 1. The smallest absolute Gasteiger partial charge is 0.291 e. The molecule has 1 heterocycles. The Balaban J connectivity index is 1.96. The quantitative estimate of drug-likeness (QED) is 0.733. The van der Waals surface area contributed by atoms with Crippen molar-refractivity contribution in [2.24, 2.45) is 0 Å². The third kappa shape index (κ3) is 3.10. The molecule has 3 nitrogen and oxygen atoms in total. The van der Waals surface area contributed by atoms with Crippen molar-refractivity contribution in [2.45, 2.75) is 12.7 Å². The number of carbonyl (C=O) groups is 1. The van der Waals surface area contributed by atoms with E-state index in [0.29, 0.717) is 22.6 Å². The molecule has 0 atom stereocenters. The Hall–Kier alpha value is -2.27. The zero-order valence-electron chi connectivity index (χ0n) is 12.9. The number of amides is 1. The first-order chi connectivity index (χ1) is 11.1. The van der Waals surface area contributed by atoms with E-state index in [0.717, 1.165) is 10.9 Å². The Morgan fingerprint density at radius 2 is 2.04 bits per heavy atom. The Labute approximate surface area is 137 Å². The largest absolute Gasteiger partial charge is 0.451 e. The summed E-state index contributed by atoms with van der Waals surface area (Å²) in [6.07, 6.45) is 1.97. The summed E-state index contributed by atoms with van der Waals surface area (Å²) in [5.41, 5.74) is 2.48. The summed E-state index contributed by atoms with van der Waals surface area (Å²) in [5, 5.41) is 3.64. The van der Waals surface area contributed by atoms with Gasteiger partial charge in [-0.05, 0) is 36.9 Å². The van der Waals surface area contributed by atoms with E-state index in [1.54, 1.807) is 30.8 Å². The number of halogens is 1. The lowest BCUT2D eigenvalue weighted by Gasteiger charge is -2.06. The summed E-state index contributed by atoms with van der Waals surface area (Å²) in [6.45, 7) is 1.68. The van der Waals surface area contributed by atoms with E-state index in [1.165, 1.54) is 6.07 Å². The van der Waals surface area contributed by atoms with Crippen molar-refractivity contribution in [2.75, 3.05) is 11.6 Å². The minimum atomic E-state index is -0.367. The zero-order valence-corrected chi connectivity index (χ0v) is 13.7. The predicted octanol–water partition coefficient (Wildman–Crippen LogP) is 5.00. The first-order valence-electron chi connectivity index (χ1n) is 7.17. The molecule has 0 aliphatic rings. The second-order valence-electron chi connectivity index (χ2n) is 5.26. The number of rotatable bonds is 4. The van der Waals surface area contributed by atoms with Gasteiger partial charge in [-0.1, -0.05) is 24.3 Å². The molecule has 2 aromatic carbocycles. The first-order valence-corrected chi connectivity index (χ1v) is 8.56. The topological polar surface area (TPSA) is 42.2 Å². The maximum absolute atomic E-state index is 13.6. The number of fused-ring (bicyclic) bond motifs is 1. The van der Waals surface area contributed by atoms with Crippen LogP contribution in [0.5, 0.6) is 0 Å². The van der Waals surface area contributed by atoms with Crippen LogP contribution in [-0.2, 0) is 5.75 Å². The molecule has 1 amide bonds. The van der Waals surface area contributed by atoms with Crippen LogP contribution in [0.3, 0.4) is 0 Å². The second kappa shape index (κ2) is 6.46. The molecule has 3 rings (SSSR count). The van der Waals surface area contributed by atoms with E-state index >= 15 is 0 Å². The van der Waals surface area contributed by atoms with Gasteiger partial charge in [-0.3, -0.25) is 4.79 Å². The number of para-hydroxylation sites is 1. The van der Waals surface area contributed by atoms with Crippen LogP contribution >= 0.6 is 11.8 Å². The maximum atomic E-state index is 13.6. The van der Waals surface area contributed by atoms with Crippen LogP contribution in [-0.4, -0.2) is 12.2 Å². The monoisotopic (exact) mass is 329 g/mol. The fraction of sp³-hybridized carbons (Fsp3) is 0.167. The molecule has 0 saturated heterocycles. The number of furan rings is 1. The Kier molecular flexibility index (Phi) is 4.39. The van der Waals surface area contributed by atoms with E-state index in [4.69, 9.17) is 4.42 Å². The molecule has 5 heteroatoms. The summed E-state index contributed by atoms with van der Waals surface area (Å²) in [5.74, 6) is 0.231. The van der Waals surface area contributed by atoms with Crippen LogP contribution < -0.4 is 5.32 Å². The number of benzene rings is 2. The van der Waals surface area contributed by atoms with Crippen molar-refractivity contribution >= 4 is 34.3 Å². The van der Waals surface area contributed by atoms with Crippen molar-refractivity contribution in [1.29, 1.82) is 0 Å². The molecule has 0 radical (unpaired) electrons. The first kappa shape index (κ1) is 15.6. The molecule has 0 unspecified atom stereocenters. The fourth-order valence-electron chi connectivity index (χ4n) is 2.43. The fourth-order valence-corrected chi connectivity index (χ4v) is 3.00. The molecule has 0 spiro atoms. The van der Waals surface area contributed by atoms with E-state index < -0.39 is 0 Å². The predicted molar refractivity (Wildman–Crippen MR) is 92.5 cm³/mol. The number of thioether (sulfide) groups is 1. The van der Waals surface area contributed by atoms with Crippen molar-refractivity contribution in [3.8, 4) is 0 Å². The van der Waals surface area contributed by atoms with E-state index in [-0.39, 0.29) is 17.5 Å². The van der Waals surface area contributed by atoms with Crippen molar-refractivity contribution < 1.29 is 13.6 Å². The molecule has 3 aromatic rings. The van der Waals surface area contributed by atoms with Crippen LogP contribution in [0.1, 0.15) is 21.7 Å². The van der Waals surface area contributed by atoms with E-state index in [9.17, 15) is 9.18 Å². The average Bonchev–Trinajstić information content (AvgIpc) is 2.90. The summed E-state index contributed by atoms with van der Waals surface area (Å²) in [4.78, 5) is 12.5. The Bertz CT molecular complexity index is 873. The van der Waals surface area contributed by atoms with Crippen LogP contribution in [0, 0.1) is 12.7 Å². The lowest BCUT2D eigenvalue weighted by atomic mass is 10.1. The third-order valence-corrected chi connectivity index (χ3v) is 4.20. The van der Waals surface area contributed by atoms with E-state index in [2.05, 4.69) is 5.32 Å². The second-order valence-corrected chi connectivity index (χ2v) is 6.12. The molecule has 0 aliphatic carbocycles. The van der Waals surface area contributed by atoms with Crippen LogP contribution in [0.4, 0.5) is 10.1 Å². The zero-order chi connectivity index (χ0) is 16.4. The third-order valence-electron chi connectivity index (χ3n) is 3.62. The van der Waals surface area contributed by atoms with Gasteiger partial charge >= 0.3 is 0 Å². The highest BCUT2D eigenvalue weighted by atomic mass is 32.2. The number of nitrogens with one attached hydrogen (secondary N) is 1. The molecule has 0 aliphatic heterocycles. The molecule has 118 valence electrons. The van der Waals surface area contributed by atoms with Gasteiger partial charge in [0, 0.05) is 22.4 Å². The van der Waals surface area contributed by atoms with Crippen LogP contribution in [0.25, 0.3) is 11.0 Å². The highest BCUT2D eigenvalue weighted by Crippen LogP contribution is 2.29. The van der Waals surface area contributed by atoms with Crippen molar-refractivity contribution in [3.63, 3.8) is 0 Å². The van der Waals surface area contributed by atoms with Gasteiger partial charge in [0.2, 0.25) is 0 Å². The standard InChI is InChI=1S/C18H16FNO2S/c1-11-7-8-12(9-15(11)19)20-18(21)17-14(10-23-2)13-5-3-4-6-16(13)22-17/h3-9H,10H2,1-2H3,(H,20,21). The van der Waals surface area contributed by atoms with Gasteiger partial charge in [0.05, 0.1) is 0 Å². The SMILES string of the molecule is CSCc1c(C(=O)Nc2ccc(C)c(F)c2)oc2ccccc12. The van der Waals surface area contributed by atoms with Crippen LogP contribution in [0.15, 0.2) is 46.9 Å². The van der Waals surface area contributed by atoms with Gasteiger partial charge in [-0.2, -0.15) is 11.8 Å². The molecule has 23 heavy (non-hydrogen) atoms. The number of hydrogen-bond donors (Lipinski definition) is 1. The summed E-state index contributed by atoms with van der Waals surface area (Å²) >= 11 is 1.62. The van der Waals surface area contributed by atoms with Gasteiger partial charge in [0.15, 0.2) is 5.76 Å². The van der Waals surface area contributed by atoms with Gasteiger partial charge in [0.25, 0.3) is 5.91 Å². The average molecular weight is 329 g/mol. The van der Waals surface area contributed by atoms with Gasteiger partial charge in [-0.15, -0.1) is 0 Å². The van der Waals surface area contributed by atoms with Crippen LogP contribution in [0.2, 0.25) is 0 Å². The molecule has 0 bridgehead atoms. The number of carbonyl (C=O) groups excluding carboxylic acids is 1. The number of anilines is 1. The lowest BCUT2D eigenvalue weighted by Crippen LogP contribution is -2.13. The maximum Gasteiger partial charge on any atom is 0.291 e. The molecule has 1 N–H and O–H groups in total. The molecule has 0 saturated carbocycles. The summed E-state index contributed by atoms with van der Waals surface area (Å²) in [6, 6.07) is 12.2. The minimum Gasteiger partial charge on any atom is -0.451 e. The molecular formula is C18H16FNO2S. The van der Waals surface area contributed by atoms with Gasteiger partial charge in [0.1, 0.15) is 11.4 Å². The molecule has 1 aromatic heterocycles. The highest BCUT2D eigenvalue weighted by molar-refractivity contribution is 7.97. The normalized spacial score (nSPS) is 10.9. The lowest BCUT2D eigenvalue weighted by molar-refractivity contribution is 0.0998. The molecule has 0 fully saturated rings. The summed E-state index contributed by atoms with van der Waals surface area (Å²) < 4.78 is 19.3. The van der Waals surface area contributed by atoms with Gasteiger partial charge in [-0.25, -0.2) is 4.39 Å².